The van der Waals surface area contributed by atoms with Gasteiger partial charge in [-0.2, -0.15) is 0 Å². The predicted octanol–water partition coefficient (Wildman–Crippen LogP) is 1.10. The lowest BCUT2D eigenvalue weighted by atomic mass is 10.3. The van der Waals surface area contributed by atoms with Gasteiger partial charge in [0.15, 0.2) is 0 Å². The minimum Gasteiger partial charge on any atom is -0.356 e. The molecule has 1 aromatic heterocycles. The Bertz CT molecular complexity index is 325. The fourth-order valence-corrected chi connectivity index (χ4v) is 2.13. The number of nitrogens with one attached hydrogen (secondary N) is 1. The zero-order valence-corrected chi connectivity index (χ0v) is 10.5. The second kappa shape index (κ2) is 7.35. The molecule has 0 aliphatic rings. The average molecular weight is 241 g/mol. The standard InChI is InChI=1S/C11H19N3OS/c1-2-6-13-10(15)7-9-8-16-11(14-9)4-3-5-12/h8H,2-7,12H2,1H3,(H,13,15). The molecule has 0 aliphatic carbocycles. The largest absolute Gasteiger partial charge is 0.356 e. The molecule has 0 saturated carbocycles. The van der Waals surface area contributed by atoms with E-state index in [0.29, 0.717) is 13.0 Å². The lowest BCUT2D eigenvalue weighted by Crippen LogP contribution is -2.25. The molecule has 16 heavy (non-hydrogen) atoms. The molecule has 5 heteroatoms. The summed E-state index contributed by atoms with van der Waals surface area (Å²) in [6, 6.07) is 0. The first kappa shape index (κ1) is 13.1. The first-order chi connectivity index (χ1) is 7.76. The first-order valence-electron chi connectivity index (χ1n) is 5.66. The number of amides is 1. The molecule has 0 unspecified atom stereocenters. The van der Waals surface area contributed by atoms with Crippen LogP contribution in [-0.2, 0) is 17.6 Å². The number of hydrogen-bond acceptors (Lipinski definition) is 4. The maximum Gasteiger partial charge on any atom is 0.226 e. The van der Waals surface area contributed by atoms with Crippen LogP contribution in [0.4, 0.5) is 0 Å². The zero-order chi connectivity index (χ0) is 11.8. The highest BCUT2D eigenvalue weighted by atomic mass is 32.1. The molecular formula is C11H19N3OS. The van der Waals surface area contributed by atoms with Crippen molar-refractivity contribution in [1.82, 2.24) is 10.3 Å². The van der Waals surface area contributed by atoms with Crippen LogP contribution in [0.3, 0.4) is 0 Å². The molecule has 0 spiro atoms. The Morgan fingerprint density at radius 2 is 2.44 bits per heavy atom. The highest BCUT2D eigenvalue weighted by molar-refractivity contribution is 7.09. The van der Waals surface area contributed by atoms with Crippen molar-refractivity contribution in [2.75, 3.05) is 13.1 Å². The summed E-state index contributed by atoms with van der Waals surface area (Å²) < 4.78 is 0. The van der Waals surface area contributed by atoms with Crippen molar-refractivity contribution in [3.05, 3.63) is 16.1 Å². The Kier molecular flexibility index (Phi) is 6.03. The summed E-state index contributed by atoms with van der Waals surface area (Å²) in [6.45, 7) is 3.46. The third kappa shape index (κ3) is 4.72. The molecule has 0 bridgehead atoms. The molecule has 1 amide bonds. The number of hydrogen-bond donors (Lipinski definition) is 2. The fourth-order valence-electron chi connectivity index (χ4n) is 1.29. The fraction of sp³-hybridized carbons (Fsp3) is 0.636. The highest BCUT2D eigenvalue weighted by Crippen LogP contribution is 2.11. The van der Waals surface area contributed by atoms with Crippen molar-refractivity contribution < 1.29 is 4.79 Å². The molecule has 4 nitrogen and oxygen atoms in total. The van der Waals surface area contributed by atoms with Gasteiger partial charge >= 0.3 is 0 Å². The number of thiazole rings is 1. The lowest BCUT2D eigenvalue weighted by Gasteiger charge is -2.00. The molecule has 0 atom stereocenters. The summed E-state index contributed by atoms with van der Waals surface area (Å²) >= 11 is 1.61. The topological polar surface area (TPSA) is 68.0 Å². The number of carbonyl (C=O) groups excluding carboxylic acids is 1. The Hall–Kier alpha value is -0.940. The third-order valence-corrected chi connectivity index (χ3v) is 3.07. The van der Waals surface area contributed by atoms with Crippen molar-refractivity contribution in [3.8, 4) is 0 Å². The van der Waals surface area contributed by atoms with E-state index < -0.39 is 0 Å². The van der Waals surface area contributed by atoms with Crippen LogP contribution in [0.15, 0.2) is 5.38 Å². The van der Waals surface area contributed by atoms with Crippen LogP contribution in [-0.4, -0.2) is 24.0 Å². The lowest BCUT2D eigenvalue weighted by molar-refractivity contribution is -0.120. The minimum absolute atomic E-state index is 0.0533. The highest BCUT2D eigenvalue weighted by Gasteiger charge is 2.06. The molecule has 90 valence electrons. The molecule has 0 aliphatic heterocycles. The second-order valence-corrected chi connectivity index (χ2v) is 4.59. The van der Waals surface area contributed by atoms with Crippen LogP contribution >= 0.6 is 11.3 Å². The van der Waals surface area contributed by atoms with Gasteiger partial charge in [-0.25, -0.2) is 4.98 Å². The van der Waals surface area contributed by atoms with Crippen molar-refractivity contribution in [3.63, 3.8) is 0 Å². The van der Waals surface area contributed by atoms with Crippen LogP contribution in [0, 0.1) is 0 Å². The number of aryl methyl sites for hydroxylation is 1. The van der Waals surface area contributed by atoms with Crippen molar-refractivity contribution in [2.45, 2.75) is 32.6 Å². The molecule has 0 radical (unpaired) electrons. The monoisotopic (exact) mass is 241 g/mol. The quantitative estimate of drug-likeness (QED) is 0.751. The molecule has 0 fully saturated rings. The van der Waals surface area contributed by atoms with Crippen LogP contribution in [0.5, 0.6) is 0 Å². The summed E-state index contributed by atoms with van der Waals surface area (Å²) in [5.74, 6) is 0.0533. The first-order valence-corrected chi connectivity index (χ1v) is 6.54. The van der Waals surface area contributed by atoms with Crippen molar-refractivity contribution in [1.29, 1.82) is 0 Å². The average Bonchev–Trinajstić information content (AvgIpc) is 2.71. The van der Waals surface area contributed by atoms with Crippen molar-refractivity contribution >= 4 is 17.2 Å². The van der Waals surface area contributed by atoms with E-state index in [9.17, 15) is 4.79 Å². The number of rotatable bonds is 7. The van der Waals surface area contributed by atoms with Gasteiger partial charge in [0.25, 0.3) is 0 Å². The van der Waals surface area contributed by atoms with Crippen LogP contribution < -0.4 is 11.1 Å². The summed E-state index contributed by atoms with van der Waals surface area (Å²) in [7, 11) is 0. The maximum absolute atomic E-state index is 11.4. The zero-order valence-electron chi connectivity index (χ0n) is 9.66. The third-order valence-electron chi connectivity index (χ3n) is 2.11. The Morgan fingerprint density at radius 3 is 3.12 bits per heavy atom. The molecule has 3 N–H and O–H groups in total. The maximum atomic E-state index is 11.4. The van der Waals surface area contributed by atoms with Gasteiger partial charge in [0.2, 0.25) is 5.91 Å². The minimum atomic E-state index is 0.0533. The summed E-state index contributed by atoms with van der Waals surface area (Å²) in [6.07, 6.45) is 3.22. The van der Waals surface area contributed by atoms with E-state index in [-0.39, 0.29) is 5.91 Å². The Labute approximate surface area is 100 Å². The van der Waals surface area contributed by atoms with E-state index in [1.165, 1.54) is 0 Å². The van der Waals surface area contributed by atoms with Crippen LogP contribution in [0.2, 0.25) is 0 Å². The van der Waals surface area contributed by atoms with Gasteiger partial charge in [-0.15, -0.1) is 11.3 Å². The van der Waals surface area contributed by atoms with E-state index >= 15 is 0 Å². The number of carbonyl (C=O) groups is 1. The summed E-state index contributed by atoms with van der Waals surface area (Å²) in [5.41, 5.74) is 6.30. The summed E-state index contributed by atoms with van der Waals surface area (Å²) in [4.78, 5) is 15.8. The normalized spacial score (nSPS) is 10.4. The molecule has 1 heterocycles. The Balaban J connectivity index is 2.36. The van der Waals surface area contributed by atoms with Gasteiger partial charge in [0.1, 0.15) is 0 Å². The van der Waals surface area contributed by atoms with Crippen LogP contribution in [0.1, 0.15) is 30.5 Å². The predicted molar refractivity (Wildman–Crippen MR) is 66.5 cm³/mol. The molecule has 1 aromatic rings. The van der Waals surface area contributed by atoms with E-state index in [2.05, 4.69) is 10.3 Å². The van der Waals surface area contributed by atoms with E-state index in [1.54, 1.807) is 11.3 Å². The summed E-state index contributed by atoms with van der Waals surface area (Å²) in [5, 5.41) is 5.87. The van der Waals surface area contributed by atoms with Gasteiger partial charge in [-0.3, -0.25) is 4.79 Å². The Morgan fingerprint density at radius 1 is 1.62 bits per heavy atom. The molecule has 1 rings (SSSR count). The molecular weight excluding hydrogens is 222 g/mol. The van der Waals surface area contributed by atoms with E-state index in [1.807, 2.05) is 12.3 Å². The molecule has 0 saturated heterocycles. The van der Waals surface area contributed by atoms with Gasteiger partial charge in [-0.1, -0.05) is 6.92 Å². The van der Waals surface area contributed by atoms with Gasteiger partial charge in [0.05, 0.1) is 17.1 Å². The number of aromatic nitrogens is 1. The van der Waals surface area contributed by atoms with Crippen molar-refractivity contribution in [2.24, 2.45) is 5.73 Å². The van der Waals surface area contributed by atoms with E-state index in [0.717, 1.165) is 36.5 Å². The SMILES string of the molecule is CCCNC(=O)Cc1csc(CCCN)n1. The number of nitrogens with two attached hydrogens (primary N) is 1. The molecule has 0 aromatic carbocycles. The smallest absolute Gasteiger partial charge is 0.226 e. The van der Waals surface area contributed by atoms with Gasteiger partial charge in [-0.05, 0) is 19.4 Å². The van der Waals surface area contributed by atoms with Gasteiger partial charge in [0, 0.05) is 18.3 Å². The van der Waals surface area contributed by atoms with Gasteiger partial charge < -0.3 is 11.1 Å². The van der Waals surface area contributed by atoms with E-state index in [4.69, 9.17) is 5.73 Å². The number of nitrogens with zero attached hydrogens (tertiary/aromatic N) is 1. The van der Waals surface area contributed by atoms with Crippen LogP contribution in [0.25, 0.3) is 0 Å². The second-order valence-electron chi connectivity index (χ2n) is 3.65.